The average molecular weight is 327 g/mol. The highest BCUT2D eigenvalue weighted by Crippen LogP contribution is 2.22. The third kappa shape index (κ3) is 4.13. The van der Waals surface area contributed by atoms with Gasteiger partial charge < -0.3 is 14.7 Å². The van der Waals surface area contributed by atoms with Gasteiger partial charge in [0, 0.05) is 13.6 Å². The highest BCUT2D eigenvalue weighted by Gasteiger charge is 2.20. The minimum absolute atomic E-state index is 0.00874. The van der Waals surface area contributed by atoms with Crippen molar-refractivity contribution in [2.24, 2.45) is 0 Å². The molecule has 0 bridgehead atoms. The zero-order valence-electron chi connectivity index (χ0n) is 14.0. The molecule has 5 nitrogen and oxygen atoms in total. The van der Waals surface area contributed by atoms with Crippen molar-refractivity contribution in [1.82, 2.24) is 4.90 Å². The predicted octanol–water partition coefficient (Wildman–Crippen LogP) is 3.16. The minimum atomic E-state index is -0.961. The Morgan fingerprint density at radius 3 is 2.42 bits per heavy atom. The quantitative estimate of drug-likeness (QED) is 0.885. The molecule has 0 aliphatic rings. The van der Waals surface area contributed by atoms with Crippen LogP contribution >= 0.6 is 0 Å². The molecule has 0 radical (unpaired) electrons. The number of carbonyl (C=O) groups is 2. The normalized spacial score (nSPS) is 11.6. The number of likely N-dealkylation sites (N-methyl/N-ethyl adjacent to an activating group) is 1. The Kier molecular flexibility index (Phi) is 5.58. The molecule has 2 aromatic carbocycles. The highest BCUT2D eigenvalue weighted by atomic mass is 16.5. The van der Waals surface area contributed by atoms with Crippen molar-refractivity contribution < 1.29 is 19.4 Å². The van der Waals surface area contributed by atoms with E-state index in [1.807, 2.05) is 31.2 Å². The number of nitrogens with zero attached hydrogens (tertiary/aromatic N) is 1. The summed E-state index contributed by atoms with van der Waals surface area (Å²) in [5.41, 5.74) is 2.01. The van der Waals surface area contributed by atoms with E-state index in [2.05, 4.69) is 0 Å². The molecule has 24 heavy (non-hydrogen) atoms. The van der Waals surface area contributed by atoms with Gasteiger partial charge in [-0.25, -0.2) is 4.79 Å². The first-order valence-corrected chi connectivity index (χ1v) is 7.63. The van der Waals surface area contributed by atoms with E-state index in [0.717, 1.165) is 16.9 Å². The largest absolute Gasteiger partial charge is 0.497 e. The molecule has 0 heterocycles. The van der Waals surface area contributed by atoms with Crippen LogP contribution in [0.5, 0.6) is 5.75 Å². The first kappa shape index (κ1) is 17.5. The fourth-order valence-corrected chi connectivity index (χ4v) is 2.49. The number of hydrogen-bond donors (Lipinski definition) is 1. The Hall–Kier alpha value is -2.82. The third-order valence-corrected chi connectivity index (χ3v) is 3.96. The molecule has 0 aliphatic heterocycles. The van der Waals surface area contributed by atoms with Gasteiger partial charge in [0.1, 0.15) is 5.75 Å². The number of amides is 1. The van der Waals surface area contributed by atoms with Gasteiger partial charge in [-0.15, -0.1) is 0 Å². The van der Waals surface area contributed by atoms with Crippen LogP contribution in [0.2, 0.25) is 0 Å². The summed E-state index contributed by atoms with van der Waals surface area (Å²) in [5, 5.41) is 8.91. The van der Waals surface area contributed by atoms with Crippen molar-refractivity contribution in [1.29, 1.82) is 0 Å². The lowest BCUT2D eigenvalue weighted by molar-refractivity contribution is -0.131. The van der Waals surface area contributed by atoms with Crippen molar-refractivity contribution in [3.8, 4) is 5.75 Å². The van der Waals surface area contributed by atoms with Crippen molar-refractivity contribution in [2.45, 2.75) is 19.4 Å². The molecule has 126 valence electrons. The number of carboxylic acid groups (broad SMARTS) is 1. The van der Waals surface area contributed by atoms with E-state index >= 15 is 0 Å². The summed E-state index contributed by atoms with van der Waals surface area (Å²) in [6, 6.07) is 14.0. The Morgan fingerprint density at radius 1 is 1.17 bits per heavy atom. The molecule has 1 amide bonds. The molecule has 1 unspecified atom stereocenters. The van der Waals surface area contributed by atoms with Crippen LogP contribution in [-0.2, 0) is 11.3 Å². The van der Waals surface area contributed by atoms with Crippen molar-refractivity contribution in [2.75, 3.05) is 14.2 Å². The average Bonchev–Trinajstić information content (AvgIpc) is 2.60. The summed E-state index contributed by atoms with van der Waals surface area (Å²) in [4.78, 5) is 25.1. The van der Waals surface area contributed by atoms with Gasteiger partial charge in [0.05, 0.1) is 18.6 Å². The SMILES string of the molecule is COc1cccc(C(C)C(=O)N(C)Cc2ccc(C(=O)O)cc2)c1. The lowest BCUT2D eigenvalue weighted by Crippen LogP contribution is -2.30. The van der Waals surface area contributed by atoms with Gasteiger partial charge in [0.2, 0.25) is 5.91 Å². The molecule has 1 N–H and O–H groups in total. The van der Waals surface area contributed by atoms with Gasteiger partial charge in [-0.2, -0.15) is 0 Å². The van der Waals surface area contributed by atoms with Gasteiger partial charge in [0.15, 0.2) is 0 Å². The Bertz CT molecular complexity index is 724. The Labute approximate surface area is 141 Å². The number of rotatable bonds is 6. The molecular weight excluding hydrogens is 306 g/mol. The topological polar surface area (TPSA) is 66.8 Å². The predicted molar refractivity (Wildman–Crippen MR) is 91.3 cm³/mol. The molecule has 0 spiro atoms. The van der Waals surface area contributed by atoms with Crippen molar-refractivity contribution in [3.05, 3.63) is 65.2 Å². The van der Waals surface area contributed by atoms with E-state index in [1.165, 1.54) is 0 Å². The smallest absolute Gasteiger partial charge is 0.335 e. The number of carbonyl (C=O) groups excluding carboxylic acids is 1. The van der Waals surface area contributed by atoms with Crippen LogP contribution < -0.4 is 4.74 Å². The number of ether oxygens (including phenoxy) is 1. The fraction of sp³-hybridized carbons (Fsp3) is 0.263. The van der Waals surface area contributed by atoms with Crippen LogP contribution in [0.25, 0.3) is 0 Å². The molecule has 1 atom stereocenters. The van der Waals surface area contributed by atoms with Crippen LogP contribution in [0.3, 0.4) is 0 Å². The molecule has 0 saturated heterocycles. The molecule has 0 aromatic heterocycles. The summed E-state index contributed by atoms with van der Waals surface area (Å²) >= 11 is 0. The lowest BCUT2D eigenvalue weighted by atomic mass is 9.99. The maximum Gasteiger partial charge on any atom is 0.335 e. The molecule has 0 fully saturated rings. The highest BCUT2D eigenvalue weighted by molar-refractivity contribution is 5.87. The fourth-order valence-electron chi connectivity index (χ4n) is 2.49. The number of hydrogen-bond acceptors (Lipinski definition) is 3. The summed E-state index contributed by atoms with van der Waals surface area (Å²) < 4.78 is 5.20. The first-order chi connectivity index (χ1) is 11.4. The second kappa shape index (κ2) is 7.64. The van der Waals surface area contributed by atoms with Crippen LogP contribution in [0, 0.1) is 0 Å². The van der Waals surface area contributed by atoms with E-state index in [1.54, 1.807) is 43.3 Å². The second-order valence-corrected chi connectivity index (χ2v) is 5.69. The molecule has 2 rings (SSSR count). The summed E-state index contributed by atoms with van der Waals surface area (Å²) in [6.07, 6.45) is 0. The number of methoxy groups -OCH3 is 1. The molecule has 5 heteroatoms. The van der Waals surface area contributed by atoms with Gasteiger partial charge in [-0.3, -0.25) is 4.79 Å². The first-order valence-electron chi connectivity index (χ1n) is 7.63. The molecule has 0 saturated carbocycles. The lowest BCUT2D eigenvalue weighted by Gasteiger charge is -2.22. The van der Waals surface area contributed by atoms with Crippen LogP contribution in [0.4, 0.5) is 0 Å². The maximum absolute atomic E-state index is 12.6. The zero-order chi connectivity index (χ0) is 17.7. The maximum atomic E-state index is 12.6. The van der Waals surface area contributed by atoms with Gasteiger partial charge in [0.25, 0.3) is 0 Å². The third-order valence-electron chi connectivity index (χ3n) is 3.96. The zero-order valence-corrected chi connectivity index (χ0v) is 14.0. The van der Waals surface area contributed by atoms with Gasteiger partial charge in [-0.05, 0) is 42.3 Å². The standard InChI is InChI=1S/C19H21NO4/c1-13(16-5-4-6-17(11-16)24-3)18(21)20(2)12-14-7-9-15(10-8-14)19(22)23/h4-11,13H,12H2,1-3H3,(H,22,23). The summed E-state index contributed by atoms with van der Waals surface area (Å²) in [5.74, 6) is -0.536. The second-order valence-electron chi connectivity index (χ2n) is 5.69. The number of carboxylic acids is 1. The Balaban J connectivity index is 2.06. The monoisotopic (exact) mass is 327 g/mol. The van der Waals surface area contributed by atoms with E-state index in [-0.39, 0.29) is 17.4 Å². The minimum Gasteiger partial charge on any atom is -0.497 e. The molecular formula is C19H21NO4. The summed E-state index contributed by atoms with van der Waals surface area (Å²) in [6.45, 7) is 2.29. The van der Waals surface area contributed by atoms with Gasteiger partial charge >= 0.3 is 5.97 Å². The van der Waals surface area contributed by atoms with Crippen LogP contribution in [-0.4, -0.2) is 36.0 Å². The van der Waals surface area contributed by atoms with E-state index < -0.39 is 5.97 Å². The van der Waals surface area contributed by atoms with Crippen LogP contribution in [0.15, 0.2) is 48.5 Å². The Morgan fingerprint density at radius 2 is 1.83 bits per heavy atom. The van der Waals surface area contributed by atoms with Crippen molar-refractivity contribution in [3.63, 3.8) is 0 Å². The summed E-state index contributed by atoms with van der Waals surface area (Å²) in [7, 11) is 3.34. The molecule has 0 aliphatic carbocycles. The van der Waals surface area contributed by atoms with E-state index in [0.29, 0.717) is 6.54 Å². The van der Waals surface area contributed by atoms with E-state index in [4.69, 9.17) is 9.84 Å². The van der Waals surface area contributed by atoms with Gasteiger partial charge in [-0.1, -0.05) is 24.3 Å². The molecule has 2 aromatic rings. The number of aromatic carboxylic acids is 1. The van der Waals surface area contributed by atoms with E-state index in [9.17, 15) is 9.59 Å². The van der Waals surface area contributed by atoms with Crippen molar-refractivity contribution >= 4 is 11.9 Å². The van der Waals surface area contributed by atoms with Crippen LogP contribution in [0.1, 0.15) is 34.3 Å². The number of benzene rings is 2.